The number of anilines is 1. The molecule has 27 heavy (non-hydrogen) atoms. The van der Waals surface area contributed by atoms with Crippen LogP contribution in [0.15, 0.2) is 47.4 Å². The van der Waals surface area contributed by atoms with Gasteiger partial charge in [0, 0.05) is 23.5 Å². The maximum absolute atomic E-state index is 12.2. The lowest BCUT2D eigenvalue weighted by atomic mass is 10.1. The molecule has 0 aliphatic rings. The van der Waals surface area contributed by atoms with Crippen molar-refractivity contribution in [3.63, 3.8) is 0 Å². The number of hydrogen-bond acceptors (Lipinski definition) is 7. The van der Waals surface area contributed by atoms with Gasteiger partial charge in [0.25, 0.3) is 5.56 Å². The standard InChI is InChI=1S/C19H18N6OS/c1-3-17-24-25-18(26)10-15(23-19(25)27-17)11-21-14-6-4-5-13(9-14)16-7-8-20-12(2)22-16/h4-10,21H,3,11H2,1-2H3. The highest BCUT2D eigenvalue weighted by Gasteiger charge is 2.08. The minimum Gasteiger partial charge on any atom is -0.379 e. The number of aromatic nitrogens is 5. The summed E-state index contributed by atoms with van der Waals surface area (Å²) in [5, 5.41) is 8.50. The largest absolute Gasteiger partial charge is 0.379 e. The first-order chi connectivity index (χ1) is 13.1. The maximum Gasteiger partial charge on any atom is 0.275 e. The predicted octanol–water partition coefficient (Wildman–Crippen LogP) is 3.09. The second-order valence-electron chi connectivity index (χ2n) is 6.05. The van der Waals surface area contributed by atoms with Gasteiger partial charge in [-0.05, 0) is 31.5 Å². The Morgan fingerprint density at radius 3 is 2.89 bits per heavy atom. The summed E-state index contributed by atoms with van der Waals surface area (Å²) in [6.07, 6.45) is 2.54. The van der Waals surface area contributed by atoms with E-state index in [9.17, 15) is 4.79 Å². The highest BCUT2D eigenvalue weighted by molar-refractivity contribution is 7.16. The summed E-state index contributed by atoms with van der Waals surface area (Å²) < 4.78 is 1.37. The van der Waals surface area contributed by atoms with Gasteiger partial charge in [-0.1, -0.05) is 30.4 Å². The lowest BCUT2D eigenvalue weighted by molar-refractivity contribution is 0.846. The average Bonchev–Trinajstić information content (AvgIpc) is 3.11. The summed E-state index contributed by atoms with van der Waals surface area (Å²) in [5.41, 5.74) is 3.35. The summed E-state index contributed by atoms with van der Waals surface area (Å²) in [6, 6.07) is 11.4. The van der Waals surface area contributed by atoms with Gasteiger partial charge in [0.1, 0.15) is 10.8 Å². The van der Waals surface area contributed by atoms with Crippen molar-refractivity contribution in [2.75, 3.05) is 5.32 Å². The Kier molecular flexibility index (Phi) is 4.64. The molecule has 1 aromatic carbocycles. The minimum atomic E-state index is -0.155. The first kappa shape index (κ1) is 17.3. The van der Waals surface area contributed by atoms with Crippen LogP contribution in [-0.2, 0) is 13.0 Å². The molecule has 0 unspecified atom stereocenters. The van der Waals surface area contributed by atoms with Crippen LogP contribution >= 0.6 is 11.3 Å². The van der Waals surface area contributed by atoms with E-state index in [2.05, 4.69) is 25.4 Å². The highest BCUT2D eigenvalue weighted by Crippen LogP contribution is 2.21. The van der Waals surface area contributed by atoms with Crippen LogP contribution < -0.4 is 10.9 Å². The summed E-state index contributed by atoms with van der Waals surface area (Å²) >= 11 is 1.45. The topological polar surface area (TPSA) is 85.1 Å². The maximum atomic E-state index is 12.2. The number of hydrogen-bond donors (Lipinski definition) is 1. The van der Waals surface area contributed by atoms with Crippen LogP contribution in [-0.4, -0.2) is 24.6 Å². The smallest absolute Gasteiger partial charge is 0.275 e. The Morgan fingerprint density at radius 1 is 1.19 bits per heavy atom. The summed E-state index contributed by atoms with van der Waals surface area (Å²) in [7, 11) is 0. The fourth-order valence-corrected chi connectivity index (χ4v) is 3.59. The summed E-state index contributed by atoms with van der Waals surface area (Å²) in [6.45, 7) is 4.34. The van der Waals surface area contributed by atoms with Gasteiger partial charge in [-0.15, -0.1) is 0 Å². The second-order valence-corrected chi connectivity index (χ2v) is 7.09. The van der Waals surface area contributed by atoms with Gasteiger partial charge in [0.2, 0.25) is 4.96 Å². The number of rotatable bonds is 5. The fraction of sp³-hybridized carbons (Fsp3) is 0.211. The molecule has 0 aliphatic heterocycles. The van der Waals surface area contributed by atoms with Crippen LogP contribution in [0.5, 0.6) is 0 Å². The van der Waals surface area contributed by atoms with E-state index in [-0.39, 0.29) is 5.56 Å². The molecule has 136 valence electrons. The van der Waals surface area contributed by atoms with Gasteiger partial charge in [0.05, 0.1) is 17.9 Å². The van der Waals surface area contributed by atoms with Crippen LogP contribution in [0.3, 0.4) is 0 Å². The van der Waals surface area contributed by atoms with Crippen molar-refractivity contribution in [1.29, 1.82) is 0 Å². The number of aryl methyl sites for hydroxylation is 2. The minimum absolute atomic E-state index is 0.155. The van der Waals surface area contributed by atoms with Gasteiger partial charge in [-0.3, -0.25) is 4.79 Å². The third-order valence-corrected chi connectivity index (χ3v) is 5.10. The molecule has 4 rings (SSSR count). The third-order valence-electron chi connectivity index (χ3n) is 4.05. The molecule has 0 saturated carbocycles. The Bertz CT molecular complexity index is 1170. The van der Waals surface area contributed by atoms with E-state index >= 15 is 0 Å². The zero-order valence-corrected chi connectivity index (χ0v) is 15.8. The van der Waals surface area contributed by atoms with Crippen molar-refractivity contribution >= 4 is 22.0 Å². The molecule has 7 nitrogen and oxygen atoms in total. The van der Waals surface area contributed by atoms with Crippen molar-refractivity contribution in [2.24, 2.45) is 0 Å². The van der Waals surface area contributed by atoms with Gasteiger partial charge in [0.15, 0.2) is 0 Å². The van der Waals surface area contributed by atoms with Gasteiger partial charge in [-0.2, -0.15) is 9.61 Å². The molecule has 0 atom stereocenters. The third kappa shape index (κ3) is 3.70. The Hall–Kier alpha value is -3.13. The van der Waals surface area contributed by atoms with E-state index in [1.165, 1.54) is 21.9 Å². The number of nitrogens with one attached hydrogen (secondary N) is 1. The number of fused-ring (bicyclic) bond motifs is 1. The summed E-state index contributed by atoms with van der Waals surface area (Å²) in [4.78, 5) is 26.0. The highest BCUT2D eigenvalue weighted by atomic mass is 32.1. The van der Waals surface area contributed by atoms with Crippen molar-refractivity contribution in [1.82, 2.24) is 24.6 Å². The molecular weight excluding hydrogens is 360 g/mol. The van der Waals surface area contributed by atoms with E-state index < -0.39 is 0 Å². The Morgan fingerprint density at radius 2 is 2.07 bits per heavy atom. The average molecular weight is 378 g/mol. The van der Waals surface area contributed by atoms with Crippen LogP contribution in [0.2, 0.25) is 0 Å². The SMILES string of the molecule is CCc1nn2c(=O)cc(CNc3cccc(-c4ccnc(C)n4)c3)nc2s1. The molecule has 0 aliphatic carbocycles. The Labute approximate surface area is 159 Å². The van der Waals surface area contributed by atoms with E-state index in [0.29, 0.717) is 17.2 Å². The normalized spacial score (nSPS) is 11.0. The molecule has 3 aromatic heterocycles. The quantitative estimate of drug-likeness (QED) is 0.574. The molecule has 0 saturated heterocycles. The second kappa shape index (κ2) is 7.24. The van der Waals surface area contributed by atoms with Crippen molar-refractivity contribution in [2.45, 2.75) is 26.8 Å². The zero-order valence-electron chi connectivity index (χ0n) is 15.0. The molecule has 8 heteroatoms. The monoisotopic (exact) mass is 378 g/mol. The first-order valence-electron chi connectivity index (χ1n) is 8.65. The molecular formula is C19H18N6OS. The lowest BCUT2D eigenvalue weighted by Gasteiger charge is -2.08. The molecule has 4 aromatic rings. The van der Waals surface area contributed by atoms with E-state index in [4.69, 9.17) is 0 Å². The molecule has 3 heterocycles. The number of benzene rings is 1. The number of nitrogens with zero attached hydrogens (tertiary/aromatic N) is 5. The summed E-state index contributed by atoms with van der Waals surface area (Å²) in [5.74, 6) is 0.736. The zero-order chi connectivity index (χ0) is 18.8. The van der Waals surface area contributed by atoms with Gasteiger partial charge >= 0.3 is 0 Å². The molecule has 1 N–H and O–H groups in total. The first-order valence-corrected chi connectivity index (χ1v) is 9.46. The van der Waals surface area contributed by atoms with Gasteiger partial charge < -0.3 is 5.32 Å². The van der Waals surface area contributed by atoms with E-state index in [1.807, 2.05) is 44.2 Å². The molecule has 0 amide bonds. The van der Waals surface area contributed by atoms with Crippen LogP contribution in [0, 0.1) is 6.92 Å². The molecule has 0 fully saturated rings. The molecule has 0 radical (unpaired) electrons. The fourth-order valence-electron chi connectivity index (χ4n) is 2.73. The van der Waals surface area contributed by atoms with E-state index in [0.717, 1.165) is 34.2 Å². The predicted molar refractivity (Wildman–Crippen MR) is 106 cm³/mol. The van der Waals surface area contributed by atoms with Crippen molar-refractivity contribution < 1.29 is 0 Å². The van der Waals surface area contributed by atoms with Crippen LogP contribution in [0.4, 0.5) is 5.69 Å². The van der Waals surface area contributed by atoms with E-state index in [1.54, 1.807) is 6.20 Å². The van der Waals surface area contributed by atoms with Crippen molar-refractivity contribution in [3.05, 3.63) is 69.5 Å². The lowest BCUT2D eigenvalue weighted by Crippen LogP contribution is -2.16. The van der Waals surface area contributed by atoms with Crippen molar-refractivity contribution in [3.8, 4) is 11.3 Å². The van der Waals surface area contributed by atoms with Crippen LogP contribution in [0.25, 0.3) is 16.2 Å². The van der Waals surface area contributed by atoms with Gasteiger partial charge in [-0.25, -0.2) is 15.0 Å². The molecule has 0 bridgehead atoms. The van der Waals surface area contributed by atoms with Crippen LogP contribution in [0.1, 0.15) is 23.4 Å². The molecule has 0 spiro atoms. The Balaban J connectivity index is 1.56.